The van der Waals surface area contributed by atoms with Gasteiger partial charge in [-0.25, -0.2) is 0 Å². The van der Waals surface area contributed by atoms with Gasteiger partial charge in [-0.2, -0.15) is 13.2 Å². The molecule has 8 heteroatoms. The highest BCUT2D eigenvalue weighted by Crippen LogP contribution is 2.32. The minimum absolute atomic E-state index is 0.195. The largest absolute Gasteiger partial charge is 0.417 e. The third-order valence-electron chi connectivity index (χ3n) is 2.63. The maximum Gasteiger partial charge on any atom is 0.417 e. The van der Waals surface area contributed by atoms with Crippen LogP contribution in [0.5, 0.6) is 0 Å². The van der Waals surface area contributed by atoms with Gasteiger partial charge in [0.1, 0.15) is 5.01 Å². The number of halogens is 3. The summed E-state index contributed by atoms with van der Waals surface area (Å²) in [6, 6.07) is 4.63. The Bertz CT molecular complexity index is 640. The van der Waals surface area contributed by atoms with Crippen molar-refractivity contribution in [2.45, 2.75) is 25.9 Å². The molecule has 1 aromatic carbocycles. The lowest BCUT2D eigenvalue weighted by Gasteiger charge is -2.11. The van der Waals surface area contributed by atoms with E-state index in [1.807, 2.05) is 6.92 Å². The molecule has 0 aliphatic rings. The first-order chi connectivity index (χ1) is 9.91. The Morgan fingerprint density at radius 2 is 2.00 bits per heavy atom. The van der Waals surface area contributed by atoms with Gasteiger partial charge in [-0.1, -0.05) is 30.4 Å². The van der Waals surface area contributed by atoms with E-state index in [4.69, 9.17) is 0 Å². The first kappa shape index (κ1) is 15.4. The summed E-state index contributed by atoms with van der Waals surface area (Å²) in [5.41, 5.74) is -1.40. The summed E-state index contributed by atoms with van der Waals surface area (Å²) in [6.45, 7) is 1.97. The highest BCUT2D eigenvalue weighted by Gasteiger charge is 2.34. The van der Waals surface area contributed by atoms with Crippen molar-refractivity contribution in [1.82, 2.24) is 10.2 Å². The summed E-state index contributed by atoms with van der Waals surface area (Å²) in [5.74, 6) is -0.845. The first-order valence-electron chi connectivity index (χ1n) is 6.21. The fourth-order valence-corrected chi connectivity index (χ4v) is 2.55. The van der Waals surface area contributed by atoms with Crippen LogP contribution in [0.1, 0.15) is 34.3 Å². The highest BCUT2D eigenvalue weighted by molar-refractivity contribution is 7.15. The number of aromatic nitrogens is 2. The Morgan fingerprint density at radius 1 is 1.29 bits per heavy atom. The van der Waals surface area contributed by atoms with Crippen LogP contribution < -0.4 is 5.32 Å². The first-order valence-corrected chi connectivity index (χ1v) is 7.03. The fourth-order valence-electron chi connectivity index (χ4n) is 1.71. The number of carbonyl (C=O) groups excluding carboxylic acids is 1. The summed E-state index contributed by atoms with van der Waals surface area (Å²) in [5, 5.41) is 10.9. The second-order valence-electron chi connectivity index (χ2n) is 4.25. The van der Waals surface area contributed by atoms with Gasteiger partial charge in [0.15, 0.2) is 0 Å². The molecule has 1 aromatic heterocycles. The third-order valence-corrected chi connectivity index (χ3v) is 3.53. The number of anilines is 1. The van der Waals surface area contributed by atoms with Crippen LogP contribution in [0.3, 0.4) is 0 Å². The van der Waals surface area contributed by atoms with E-state index in [0.29, 0.717) is 6.42 Å². The lowest BCUT2D eigenvalue weighted by molar-refractivity contribution is -0.137. The molecule has 21 heavy (non-hydrogen) atoms. The predicted molar refractivity (Wildman–Crippen MR) is 73.3 cm³/mol. The van der Waals surface area contributed by atoms with E-state index in [-0.39, 0.29) is 5.13 Å². The van der Waals surface area contributed by atoms with Gasteiger partial charge in [-0.3, -0.25) is 10.1 Å². The van der Waals surface area contributed by atoms with E-state index >= 15 is 0 Å². The smallest absolute Gasteiger partial charge is 0.296 e. The van der Waals surface area contributed by atoms with E-state index in [9.17, 15) is 18.0 Å². The molecular weight excluding hydrogens is 303 g/mol. The van der Waals surface area contributed by atoms with E-state index in [1.54, 1.807) is 0 Å². The lowest BCUT2D eigenvalue weighted by atomic mass is 10.1. The van der Waals surface area contributed by atoms with Crippen LogP contribution in [0, 0.1) is 0 Å². The molecule has 0 saturated carbocycles. The Labute approximate surface area is 123 Å². The van der Waals surface area contributed by atoms with Gasteiger partial charge in [0.2, 0.25) is 5.13 Å². The SMILES string of the molecule is CCCc1nnc(NC(=O)c2ccccc2C(F)(F)F)s1. The molecule has 1 N–H and O–H groups in total. The number of nitrogens with zero attached hydrogens (tertiary/aromatic N) is 2. The molecule has 0 unspecified atom stereocenters. The molecule has 1 amide bonds. The maximum absolute atomic E-state index is 12.8. The monoisotopic (exact) mass is 315 g/mol. The zero-order valence-corrected chi connectivity index (χ0v) is 11.9. The molecule has 0 radical (unpaired) electrons. The average molecular weight is 315 g/mol. The van der Waals surface area contributed by atoms with Gasteiger partial charge >= 0.3 is 6.18 Å². The van der Waals surface area contributed by atoms with E-state index < -0.39 is 23.2 Å². The molecule has 0 atom stereocenters. The molecule has 0 bridgehead atoms. The van der Waals surface area contributed by atoms with Crippen LogP contribution in [0.2, 0.25) is 0 Å². The number of hydrogen-bond acceptors (Lipinski definition) is 4. The van der Waals surface area contributed by atoms with Crippen molar-refractivity contribution in [1.29, 1.82) is 0 Å². The van der Waals surface area contributed by atoms with Gasteiger partial charge in [-0.15, -0.1) is 10.2 Å². The number of carbonyl (C=O) groups is 1. The minimum atomic E-state index is -4.58. The molecule has 0 aliphatic carbocycles. The average Bonchev–Trinajstić information content (AvgIpc) is 2.85. The molecule has 0 aliphatic heterocycles. The second-order valence-corrected chi connectivity index (χ2v) is 5.31. The lowest BCUT2D eigenvalue weighted by Crippen LogP contribution is -2.18. The zero-order valence-electron chi connectivity index (χ0n) is 11.1. The van der Waals surface area contributed by atoms with E-state index in [0.717, 1.165) is 34.9 Å². The third kappa shape index (κ3) is 3.78. The predicted octanol–water partition coefficient (Wildman–Crippen LogP) is 3.76. The molecule has 112 valence electrons. The number of alkyl halides is 3. The number of amides is 1. The van der Waals surface area contributed by atoms with E-state index in [1.165, 1.54) is 12.1 Å². The highest BCUT2D eigenvalue weighted by atomic mass is 32.1. The molecule has 0 fully saturated rings. The van der Waals surface area contributed by atoms with Crippen molar-refractivity contribution in [3.8, 4) is 0 Å². The van der Waals surface area contributed by atoms with Gasteiger partial charge < -0.3 is 0 Å². The van der Waals surface area contributed by atoms with Crippen molar-refractivity contribution in [2.75, 3.05) is 5.32 Å². The summed E-state index contributed by atoms with van der Waals surface area (Å²) < 4.78 is 38.5. The van der Waals surface area contributed by atoms with Gasteiger partial charge in [-0.05, 0) is 18.6 Å². The Morgan fingerprint density at radius 3 is 2.67 bits per heavy atom. The quantitative estimate of drug-likeness (QED) is 0.934. The summed E-state index contributed by atoms with van der Waals surface area (Å²) in [7, 11) is 0. The second kappa shape index (κ2) is 6.21. The summed E-state index contributed by atoms with van der Waals surface area (Å²) >= 11 is 1.16. The van der Waals surface area contributed by atoms with Crippen LogP contribution >= 0.6 is 11.3 Å². The van der Waals surface area contributed by atoms with Crippen LogP contribution in [0.25, 0.3) is 0 Å². The number of benzene rings is 1. The normalized spacial score (nSPS) is 11.4. The van der Waals surface area contributed by atoms with Crippen molar-refractivity contribution in [3.63, 3.8) is 0 Å². The topological polar surface area (TPSA) is 54.9 Å². The standard InChI is InChI=1S/C13H12F3N3OS/c1-2-5-10-18-19-12(21-10)17-11(20)8-6-3-4-7-9(8)13(14,15)16/h3-4,6-7H,2,5H2,1H3,(H,17,19,20). The van der Waals surface area contributed by atoms with Crippen LogP contribution in [0.4, 0.5) is 18.3 Å². The molecule has 2 aromatic rings. The van der Waals surface area contributed by atoms with Gasteiger partial charge in [0, 0.05) is 6.42 Å². The fraction of sp³-hybridized carbons (Fsp3) is 0.308. The minimum Gasteiger partial charge on any atom is -0.296 e. The number of aryl methyl sites for hydroxylation is 1. The molecule has 0 spiro atoms. The number of nitrogens with one attached hydrogen (secondary N) is 1. The van der Waals surface area contributed by atoms with Crippen molar-refractivity contribution >= 4 is 22.4 Å². The zero-order chi connectivity index (χ0) is 15.5. The number of rotatable bonds is 4. The maximum atomic E-state index is 12.8. The molecule has 2 rings (SSSR count). The Balaban J connectivity index is 2.20. The molecule has 4 nitrogen and oxygen atoms in total. The molecular formula is C13H12F3N3OS. The number of hydrogen-bond donors (Lipinski definition) is 1. The van der Waals surface area contributed by atoms with Crippen LogP contribution in [0.15, 0.2) is 24.3 Å². The van der Waals surface area contributed by atoms with Gasteiger partial charge in [0.05, 0.1) is 11.1 Å². The Kier molecular flexibility index (Phi) is 4.56. The van der Waals surface area contributed by atoms with Crippen LogP contribution in [-0.2, 0) is 12.6 Å². The summed E-state index contributed by atoms with van der Waals surface area (Å²) in [6.07, 6.45) is -2.99. The Hall–Kier alpha value is -1.96. The molecule has 0 saturated heterocycles. The van der Waals surface area contributed by atoms with Crippen molar-refractivity contribution in [3.05, 3.63) is 40.4 Å². The van der Waals surface area contributed by atoms with E-state index in [2.05, 4.69) is 15.5 Å². The molecule has 1 heterocycles. The van der Waals surface area contributed by atoms with Crippen LogP contribution in [-0.4, -0.2) is 16.1 Å². The van der Waals surface area contributed by atoms with Crippen molar-refractivity contribution in [2.24, 2.45) is 0 Å². The van der Waals surface area contributed by atoms with Gasteiger partial charge in [0.25, 0.3) is 5.91 Å². The van der Waals surface area contributed by atoms with Crippen molar-refractivity contribution < 1.29 is 18.0 Å². The summed E-state index contributed by atoms with van der Waals surface area (Å²) in [4.78, 5) is 12.0.